The molecule has 13 heavy (non-hydrogen) atoms. The van der Waals surface area contributed by atoms with Gasteiger partial charge >= 0.3 is 0 Å². The molecule has 1 aromatic heterocycles. The molecular formula is C9H14N2O2. The number of nitrogens with zero attached hydrogens (tertiary/aromatic N) is 2. The fourth-order valence-corrected chi connectivity index (χ4v) is 1.48. The summed E-state index contributed by atoms with van der Waals surface area (Å²) in [6.45, 7) is 1.71. The minimum atomic E-state index is 0.213. The van der Waals surface area contributed by atoms with Gasteiger partial charge in [-0.05, 0) is 12.8 Å². The molecular weight excluding hydrogens is 168 g/mol. The summed E-state index contributed by atoms with van der Waals surface area (Å²) in [6, 6.07) is 2.52. The summed E-state index contributed by atoms with van der Waals surface area (Å²) in [6.07, 6.45) is 4.14. The molecule has 0 atom stereocenters. The van der Waals surface area contributed by atoms with Gasteiger partial charge in [-0.15, -0.1) is 0 Å². The molecule has 1 heterocycles. The Labute approximate surface area is 77.1 Å². The standard InChI is InChI=1S/C9H14N2O2/c12-6-5-11(8-1-2-8)7-9-3-4-10-13-9/h3-4,8,12H,1-2,5-7H2. The van der Waals surface area contributed by atoms with Crippen LogP contribution in [0, 0.1) is 0 Å². The Balaban J connectivity index is 1.89. The number of aromatic nitrogens is 1. The molecule has 0 unspecified atom stereocenters. The van der Waals surface area contributed by atoms with Crippen molar-refractivity contribution in [3.8, 4) is 0 Å². The third-order valence-corrected chi connectivity index (χ3v) is 2.30. The zero-order chi connectivity index (χ0) is 9.10. The van der Waals surface area contributed by atoms with Crippen LogP contribution in [0.15, 0.2) is 16.8 Å². The van der Waals surface area contributed by atoms with Gasteiger partial charge in [0.05, 0.1) is 19.3 Å². The Morgan fingerprint density at radius 2 is 2.46 bits per heavy atom. The Morgan fingerprint density at radius 3 is 3.00 bits per heavy atom. The van der Waals surface area contributed by atoms with Crippen molar-refractivity contribution in [3.63, 3.8) is 0 Å². The average Bonchev–Trinajstić information content (AvgIpc) is 2.85. The largest absolute Gasteiger partial charge is 0.395 e. The van der Waals surface area contributed by atoms with E-state index < -0.39 is 0 Å². The maximum atomic E-state index is 8.85. The molecule has 1 N–H and O–H groups in total. The summed E-state index contributed by atoms with van der Waals surface area (Å²) < 4.78 is 5.01. The molecule has 4 nitrogen and oxygen atoms in total. The summed E-state index contributed by atoms with van der Waals surface area (Å²) >= 11 is 0. The second-order valence-electron chi connectivity index (χ2n) is 3.40. The minimum absolute atomic E-state index is 0.213. The third-order valence-electron chi connectivity index (χ3n) is 2.30. The highest BCUT2D eigenvalue weighted by molar-refractivity contribution is 4.95. The molecule has 2 rings (SSSR count). The van der Waals surface area contributed by atoms with E-state index in [0.717, 1.165) is 18.8 Å². The van der Waals surface area contributed by atoms with Crippen molar-refractivity contribution in [2.45, 2.75) is 25.4 Å². The molecule has 72 valence electrons. The molecule has 0 spiro atoms. The van der Waals surface area contributed by atoms with E-state index in [1.807, 2.05) is 6.07 Å². The lowest BCUT2D eigenvalue weighted by Crippen LogP contribution is -2.28. The van der Waals surface area contributed by atoms with Crippen molar-refractivity contribution < 1.29 is 9.63 Å². The van der Waals surface area contributed by atoms with Gasteiger partial charge in [0.15, 0.2) is 5.76 Å². The van der Waals surface area contributed by atoms with E-state index >= 15 is 0 Å². The van der Waals surface area contributed by atoms with Crippen molar-refractivity contribution in [2.75, 3.05) is 13.2 Å². The number of hydrogen-bond donors (Lipinski definition) is 1. The van der Waals surface area contributed by atoms with E-state index in [9.17, 15) is 0 Å². The van der Waals surface area contributed by atoms with E-state index in [1.54, 1.807) is 6.20 Å². The monoisotopic (exact) mass is 182 g/mol. The average molecular weight is 182 g/mol. The smallest absolute Gasteiger partial charge is 0.150 e. The number of aliphatic hydroxyl groups is 1. The molecule has 0 bridgehead atoms. The fourth-order valence-electron chi connectivity index (χ4n) is 1.48. The molecule has 1 aromatic rings. The fraction of sp³-hybridized carbons (Fsp3) is 0.667. The molecule has 0 amide bonds. The van der Waals surface area contributed by atoms with Crippen molar-refractivity contribution in [1.82, 2.24) is 10.1 Å². The molecule has 0 radical (unpaired) electrons. The first-order valence-electron chi connectivity index (χ1n) is 4.64. The summed E-state index contributed by atoms with van der Waals surface area (Å²) in [5, 5.41) is 12.5. The van der Waals surface area contributed by atoms with Crippen LogP contribution in [-0.4, -0.2) is 34.4 Å². The van der Waals surface area contributed by atoms with Crippen LogP contribution in [0.4, 0.5) is 0 Å². The normalized spacial score (nSPS) is 16.8. The lowest BCUT2D eigenvalue weighted by molar-refractivity contribution is 0.169. The van der Waals surface area contributed by atoms with Gasteiger partial charge < -0.3 is 9.63 Å². The van der Waals surface area contributed by atoms with Crippen molar-refractivity contribution in [3.05, 3.63) is 18.0 Å². The maximum absolute atomic E-state index is 8.85. The molecule has 0 aromatic carbocycles. The van der Waals surface area contributed by atoms with Crippen LogP contribution < -0.4 is 0 Å². The van der Waals surface area contributed by atoms with Crippen LogP contribution in [0.2, 0.25) is 0 Å². The Bertz CT molecular complexity index is 244. The predicted octanol–water partition coefficient (Wildman–Crippen LogP) is 0.631. The quantitative estimate of drug-likeness (QED) is 0.725. The summed E-state index contributed by atoms with van der Waals surface area (Å²) in [5.41, 5.74) is 0. The minimum Gasteiger partial charge on any atom is -0.395 e. The second kappa shape index (κ2) is 3.89. The third kappa shape index (κ3) is 2.29. The first-order chi connectivity index (χ1) is 6.40. The molecule has 1 aliphatic rings. The van der Waals surface area contributed by atoms with Crippen LogP contribution >= 0.6 is 0 Å². The van der Waals surface area contributed by atoms with Crippen LogP contribution in [0.1, 0.15) is 18.6 Å². The molecule has 0 aliphatic heterocycles. The van der Waals surface area contributed by atoms with E-state index in [2.05, 4.69) is 10.1 Å². The number of aliphatic hydroxyl groups excluding tert-OH is 1. The number of rotatable bonds is 5. The van der Waals surface area contributed by atoms with Gasteiger partial charge in [-0.3, -0.25) is 4.90 Å². The Hall–Kier alpha value is -0.870. The van der Waals surface area contributed by atoms with E-state index in [1.165, 1.54) is 12.8 Å². The van der Waals surface area contributed by atoms with Gasteiger partial charge in [0.2, 0.25) is 0 Å². The highest BCUT2D eigenvalue weighted by atomic mass is 16.5. The summed E-state index contributed by atoms with van der Waals surface area (Å²) in [5.74, 6) is 0.875. The summed E-state index contributed by atoms with van der Waals surface area (Å²) in [4.78, 5) is 2.24. The zero-order valence-corrected chi connectivity index (χ0v) is 7.52. The van der Waals surface area contributed by atoms with Crippen molar-refractivity contribution in [1.29, 1.82) is 0 Å². The molecule has 0 saturated heterocycles. The van der Waals surface area contributed by atoms with Gasteiger partial charge in [0, 0.05) is 18.7 Å². The molecule has 1 aliphatic carbocycles. The maximum Gasteiger partial charge on any atom is 0.150 e. The lowest BCUT2D eigenvalue weighted by Gasteiger charge is -2.18. The summed E-state index contributed by atoms with van der Waals surface area (Å²) in [7, 11) is 0. The topological polar surface area (TPSA) is 49.5 Å². The predicted molar refractivity (Wildman–Crippen MR) is 47.0 cm³/mol. The van der Waals surface area contributed by atoms with Crippen molar-refractivity contribution >= 4 is 0 Å². The SMILES string of the molecule is OCCN(Cc1ccno1)C1CC1. The lowest BCUT2D eigenvalue weighted by atomic mass is 10.4. The number of hydrogen-bond acceptors (Lipinski definition) is 4. The second-order valence-corrected chi connectivity index (χ2v) is 3.40. The molecule has 4 heteroatoms. The highest BCUT2D eigenvalue weighted by Crippen LogP contribution is 2.27. The van der Waals surface area contributed by atoms with E-state index in [-0.39, 0.29) is 6.61 Å². The first-order valence-corrected chi connectivity index (χ1v) is 4.64. The zero-order valence-electron chi connectivity index (χ0n) is 7.52. The molecule has 1 fully saturated rings. The Kier molecular flexibility index (Phi) is 2.61. The van der Waals surface area contributed by atoms with Gasteiger partial charge in [0.25, 0.3) is 0 Å². The first kappa shape index (κ1) is 8.72. The van der Waals surface area contributed by atoms with Crippen LogP contribution in [-0.2, 0) is 6.54 Å². The van der Waals surface area contributed by atoms with Gasteiger partial charge in [0.1, 0.15) is 0 Å². The van der Waals surface area contributed by atoms with Crippen LogP contribution in [0.3, 0.4) is 0 Å². The van der Waals surface area contributed by atoms with Crippen LogP contribution in [0.25, 0.3) is 0 Å². The van der Waals surface area contributed by atoms with E-state index in [0.29, 0.717) is 6.04 Å². The van der Waals surface area contributed by atoms with Gasteiger partial charge in [-0.25, -0.2) is 0 Å². The molecule has 1 saturated carbocycles. The van der Waals surface area contributed by atoms with Gasteiger partial charge in [-0.1, -0.05) is 5.16 Å². The Morgan fingerprint density at radius 1 is 1.62 bits per heavy atom. The highest BCUT2D eigenvalue weighted by Gasteiger charge is 2.28. The van der Waals surface area contributed by atoms with Crippen molar-refractivity contribution in [2.24, 2.45) is 0 Å². The van der Waals surface area contributed by atoms with E-state index in [4.69, 9.17) is 9.63 Å². The van der Waals surface area contributed by atoms with Crippen LogP contribution in [0.5, 0.6) is 0 Å². The van der Waals surface area contributed by atoms with Gasteiger partial charge in [-0.2, -0.15) is 0 Å².